The first-order chi connectivity index (χ1) is 9.83. The number of benzene rings is 2. The summed E-state index contributed by atoms with van der Waals surface area (Å²) in [5, 5.41) is 4.49. The number of carbonyl (C=O) groups is 1. The van der Waals surface area contributed by atoms with E-state index in [0.29, 0.717) is 26.3 Å². The van der Waals surface area contributed by atoms with Gasteiger partial charge in [0.1, 0.15) is 5.54 Å². The highest BCUT2D eigenvalue weighted by Crippen LogP contribution is 2.31. The summed E-state index contributed by atoms with van der Waals surface area (Å²) in [6.45, 7) is 1.68. The number of hydrogen-bond acceptors (Lipinski definition) is 2. The van der Waals surface area contributed by atoms with Gasteiger partial charge in [-0.1, -0.05) is 40.9 Å². The first kappa shape index (κ1) is 16.0. The quantitative estimate of drug-likeness (QED) is 0.861. The summed E-state index contributed by atoms with van der Waals surface area (Å²) in [4.78, 5) is 11.9. The molecule has 2 aromatic rings. The van der Waals surface area contributed by atoms with E-state index in [0.717, 1.165) is 0 Å². The van der Waals surface area contributed by atoms with Gasteiger partial charge in [0.05, 0.1) is 10.0 Å². The van der Waals surface area contributed by atoms with Gasteiger partial charge in [0, 0.05) is 10.7 Å². The molecule has 110 valence electrons. The number of halogens is 3. The average molecular weight is 344 g/mol. The van der Waals surface area contributed by atoms with Crippen LogP contribution >= 0.6 is 34.8 Å². The van der Waals surface area contributed by atoms with Gasteiger partial charge in [0.25, 0.3) is 0 Å². The van der Waals surface area contributed by atoms with E-state index in [1.165, 1.54) is 0 Å². The third-order valence-electron chi connectivity index (χ3n) is 3.23. The number of hydrogen-bond donors (Lipinski definition) is 2. The van der Waals surface area contributed by atoms with Gasteiger partial charge in [0.2, 0.25) is 5.91 Å². The molecule has 1 amide bonds. The van der Waals surface area contributed by atoms with E-state index >= 15 is 0 Å². The van der Waals surface area contributed by atoms with Crippen molar-refractivity contribution < 1.29 is 4.79 Å². The van der Waals surface area contributed by atoms with Crippen LogP contribution in [0.15, 0.2) is 42.5 Å². The Hall–Kier alpha value is -1.42. The Balaban J connectivity index is 2.42. The maximum atomic E-state index is 11.9. The molecule has 0 spiro atoms. The van der Waals surface area contributed by atoms with Crippen molar-refractivity contribution in [3.63, 3.8) is 0 Å². The monoisotopic (exact) mass is 342 g/mol. The molecule has 1 unspecified atom stereocenters. The van der Waals surface area contributed by atoms with Crippen LogP contribution in [0.4, 0.5) is 5.69 Å². The second kappa shape index (κ2) is 6.14. The Bertz CT molecular complexity index is 673. The van der Waals surface area contributed by atoms with E-state index in [1.54, 1.807) is 49.4 Å². The number of primary amides is 1. The minimum absolute atomic E-state index is 0.361. The molecular formula is C15H13Cl3N2O. The molecule has 2 rings (SSSR count). The number of amides is 1. The molecule has 2 aromatic carbocycles. The van der Waals surface area contributed by atoms with Crippen molar-refractivity contribution in [3.05, 3.63) is 63.1 Å². The van der Waals surface area contributed by atoms with Crippen LogP contribution in [0, 0.1) is 0 Å². The molecule has 0 fully saturated rings. The normalized spacial score (nSPS) is 13.5. The molecule has 6 heteroatoms. The molecule has 0 aromatic heterocycles. The number of nitrogens with two attached hydrogens (primary N) is 1. The van der Waals surface area contributed by atoms with Crippen molar-refractivity contribution >= 4 is 46.4 Å². The number of carbonyl (C=O) groups excluding carboxylic acids is 1. The van der Waals surface area contributed by atoms with Gasteiger partial charge in [-0.15, -0.1) is 0 Å². The van der Waals surface area contributed by atoms with E-state index in [9.17, 15) is 4.79 Å². The Morgan fingerprint density at radius 1 is 1.05 bits per heavy atom. The highest BCUT2D eigenvalue weighted by atomic mass is 35.5. The van der Waals surface area contributed by atoms with Gasteiger partial charge in [-0.25, -0.2) is 0 Å². The van der Waals surface area contributed by atoms with E-state index in [-0.39, 0.29) is 0 Å². The summed E-state index contributed by atoms with van der Waals surface area (Å²) in [6, 6.07) is 11.9. The van der Waals surface area contributed by atoms with Crippen LogP contribution in [0.1, 0.15) is 12.5 Å². The maximum Gasteiger partial charge on any atom is 0.247 e. The molecule has 0 radical (unpaired) electrons. The van der Waals surface area contributed by atoms with Crippen molar-refractivity contribution in [3.8, 4) is 0 Å². The topological polar surface area (TPSA) is 55.1 Å². The van der Waals surface area contributed by atoms with Gasteiger partial charge in [-0.3, -0.25) is 4.79 Å². The SMILES string of the molecule is CC(Nc1ccc(Cl)cc1)(C(N)=O)c1ccc(Cl)c(Cl)c1. The van der Waals surface area contributed by atoms with E-state index in [1.807, 2.05) is 0 Å². The number of nitrogens with one attached hydrogen (secondary N) is 1. The molecule has 0 aliphatic rings. The Morgan fingerprint density at radius 3 is 2.19 bits per heavy atom. The molecule has 0 aliphatic heterocycles. The average Bonchev–Trinajstić information content (AvgIpc) is 2.44. The predicted molar refractivity (Wildman–Crippen MR) is 88.1 cm³/mol. The Kier molecular flexibility index (Phi) is 4.67. The molecule has 0 heterocycles. The van der Waals surface area contributed by atoms with Gasteiger partial charge < -0.3 is 11.1 Å². The molecule has 1 atom stereocenters. The Morgan fingerprint density at radius 2 is 1.67 bits per heavy atom. The summed E-state index contributed by atoms with van der Waals surface area (Å²) >= 11 is 17.8. The van der Waals surface area contributed by atoms with Crippen molar-refractivity contribution in [2.24, 2.45) is 5.73 Å². The fourth-order valence-corrected chi connectivity index (χ4v) is 2.33. The minimum Gasteiger partial charge on any atom is -0.368 e. The lowest BCUT2D eigenvalue weighted by atomic mass is 9.91. The summed E-state index contributed by atoms with van der Waals surface area (Å²) in [5.41, 5.74) is 5.78. The molecular weight excluding hydrogens is 331 g/mol. The summed E-state index contributed by atoms with van der Waals surface area (Å²) in [5.74, 6) is -0.532. The van der Waals surface area contributed by atoms with Crippen LogP contribution in [0.3, 0.4) is 0 Å². The standard InChI is InChI=1S/C15H13Cl3N2O/c1-15(14(19)21,9-2-7-12(17)13(18)8-9)20-11-5-3-10(16)4-6-11/h2-8,20H,1H3,(H2,19,21). The number of anilines is 1. The highest BCUT2D eigenvalue weighted by molar-refractivity contribution is 6.42. The van der Waals surface area contributed by atoms with Crippen LogP contribution in [0.25, 0.3) is 0 Å². The van der Waals surface area contributed by atoms with Crippen molar-refractivity contribution in [1.82, 2.24) is 0 Å². The first-order valence-corrected chi connectivity index (χ1v) is 7.25. The Labute approximate surface area is 138 Å². The van der Waals surface area contributed by atoms with E-state index in [2.05, 4.69) is 5.32 Å². The van der Waals surface area contributed by atoms with Crippen LogP contribution in [-0.4, -0.2) is 5.91 Å². The molecule has 3 N–H and O–H groups in total. The zero-order chi connectivity index (χ0) is 15.6. The fraction of sp³-hybridized carbons (Fsp3) is 0.133. The lowest BCUT2D eigenvalue weighted by molar-refractivity contribution is -0.122. The number of rotatable bonds is 4. The first-order valence-electron chi connectivity index (χ1n) is 6.12. The van der Waals surface area contributed by atoms with Gasteiger partial charge in [-0.05, 0) is 48.9 Å². The van der Waals surface area contributed by atoms with E-state index < -0.39 is 11.4 Å². The second-order valence-corrected chi connectivity index (χ2v) is 6.00. The van der Waals surface area contributed by atoms with Crippen molar-refractivity contribution in [1.29, 1.82) is 0 Å². The minimum atomic E-state index is -1.12. The molecule has 0 saturated carbocycles. The summed E-state index contributed by atoms with van der Waals surface area (Å²) in [6.07, 6.45) is 0. The van der Waals surface area contributed by atoms with E-state index in [4.69, 9.17) is 40.5 Å². The van der Waals surface area contributed by atoms with Gasteiger partial charge >= 0.3 is 0 Å². The van der Waals surface area contributed by atoms with Crippen LogP contribution in [0.2, 0.25) is 15.1 Å². The zero-order valence-electron chi connectivity index (χ0n) is 11.2. The highest BCUT2D eigenvalue weighted by Gasteiger charge is 2.33. The molecule has 0 saturated heterocycles. The second-order valence-electron chi connectivity index (χ2n) is 4.75. The van der Waals surface area contributed by atoms with Crippen molar-refractivity contribution in [2.75, 3.05) is 5.32 Å². The van der Waals surface area contributed by atoms with Gasteiger partial charge in [0.15, 0.2) is 0 Å². The lowest BCUT2D eigenvalue weighted by Gasteiger charge is -2.29. The predicted octanol–water partition coefficient (Wildman–Crippen LogP) is 4.46. The molecule has 0 bridgehead atoms. The van der Waals surface area contributed by atoms with Crippen molar-refractivity contribution in [2.45, 2.75) is 12.5 Å². The van der Waals surface area contributed by atoms with Gasteiger partial charge in [-0.2, -0.15) is 0 Å². The lowest BCUT2D eigenvalue weighted by Crippen LogP contribution is -2.45. The zero-order valence-corrected chi connectivity index (χ0v) is 13.4. The van der Waals surface area contributed by atoms with Crippen LogP contribution in [-0.2, 0) is 10.3 Å². The molecule has 3 nitrogen and oxygen atoms in total. The smallest absolute Gasteiger partial charge is 0.247 e. The third kappa shape index (κ3) is 3.43. The maximum absolute atomic E-state index is 11.9. The fourth-order valence-electron chi connectivity index (χ4n) is 1.91. The molecule has 21 heavy (non-hydrogen) atoms. The molecule has 0 aliphatic carbocycles. The van der Waals surface area contributed by atoms with Crippen LogP contribution < -0.4 is 11.1 Å². The summed E-state index contributed by atoms with van der Waals surface area (Å²) in [7, 11) is 0. The third-order valence-corrected chi connectivity index (χ3v) is 4.22. The largest absolute Gasteiger partial charge is 0.368 e. The van der Waals surface area contributed by atoms with Crippen LogP contribution in [0.5, 0.6) is 0 Å². The summed E-state index contributed by atoms with van der Waals surface area (Å²) < 4.78 is 0.